The van der Waals surface area contributed by atoms with Crippen LogP contribution in [-0.2, 0) is 6.42 Å². The largest absolute Gasteiger partial charge is 0.456 e. The van der Waals surface area contributed by atoms with Gasteiger partial charge in [0.05, 0.1) is 0 Å². The number of aromatic nitrogens is 4. The van der Waals surface area contributed by atoms with Gasteiger partial charge in [-0.3, -0.25) is 10.1 Å². The van der Waals surface area contributed by atoms with E-state index in [-0.39, 0.29) is 5.91 Å². The SMILES string of the molecule is CCc1cnc(NC(=O)c2ccc(Oc3ccnc4c3c(N[C@@H]3CCCNC3)nn4PC)cc2)s1. The average molecular weight is 510 g/mol. The van der Waals surface area contributed by atoms with E-state index in [0.717, 1.165) is 54.1 Å². The maximum absolute atomic E-state index is 12.6. The number of nitrogens with one attached hydrogen (secondary N) is 3. The first-order valence-electron chi connectivity index (χ1n) is 11.7. The average Bonchev–Trinajstić information content (AvgIpc) is 3.50. The third-order valence-corrected chi connectivity index (χ3v) is 7.64. The van der Waals surface area contributed by atoms with E-state index in [1.54, 1.807) is 36.7 Å². The molecule has 4 heterocycles. The van der Waals surface area contributed by atoms with E-state index in [9.17, 15) is 4.79 Å². The Labute approximate surface area is 209 Å². The predicted molar refractivity (Wildman–Crippen MR) is 143 cm³/mol. The Morgan fingerprint density at radius 1 is 1.29 bits per heavy atom. The van der Waals surface area contributed by atoms with Crippen LogP contribution in [0.25, 0.3) is 11.0 Å². The molecule has 3 aromatic heterocycles. The van der Waals surface area contributed by atoms with Crippen LogP contribution >= 0.6 is 20.1 Å². The zero-order chi connectivity index (χ0) is 24.2. The summed E-state index contributed by atoms with van der Waals surface area (Å²) in [7, 11) is 0.449. The topological polar surface area (TPSA) is 106 Å². The van der Waals surface area contributed by atoms with Gasteiger partial charge in [0, 0.05) is 50.2 Å². The third kappa shape index (κ3) is 5.29. The summed E-state index contributed by atoms with van der Waals surface area (Å²) in [5, 5.41) is 16.1. The van der Waals surface area contributed by atoms with Gasteiger partial charge in [-0.15, -0.1) is 16.4 Å². The summed E-state index contributed by atoms with van der Waals surface area (Å²) in [6, 6.07) is 9.26. The van der Waals surface area contributed by atoms with Crippen molar-refractivity contribution in [3.05, 3.63) is 53.2 Å². The molecule has 1 amide bonds. The van der Waals surface area contributed by atoms with Gasteiger partial charge in [0.2, 0.25) is 0 Å². The van der Waals surface area contributed by atoms with Crippen molar-refractivity contribution in [1.82, 2.24) is 24.8 Å². The number of rotatable bonds is 8. The van der Waals surface area contributed by atoms with Crippen molar-refractivity contribution in [3.8, 4) is 11.5 Å². The number of amides is 1. The predicted octanol–water partition coefficient (Wildman–Crippen LogP) is 4.73. The molecule has 0 aliphatic carbocycles. The van der Waals surface area contributed by atoms with E-state index in [1.807, 2.05) is 10.5 Å². The first-order chi connectivity index (χ1) is 17.1. The van der Waals surface area contributed by atoms with E-state index < -0.39 is 0 Å². The van der Waals surface area contributed by atoms with Gasteiger partial charge in [-0.2, -0.15) is 0 Å². The number of carbonyl (C=O) groups excluding carboxylic acids is 1. The molecule has 2 atom stereocenters. The fourth-order valence-electron chi connectivity index (χ4n) is 4.02. The molecule has 1 fully saturated rings. The highest BCUT2D eigenvalue weighted by atomic mass is 32.1. The molecule has 11 heteroatoms. The number of hydrogen-bond donors (Lipinski definition) is 3. The summed E-state index contributed by atoms with van der Waals surface area (Å²) in [6.45, 7) is 6.10. The van der Waals surface area contributed by atoms with E-state index in [0.29, 0.717) is 37.0 Å². The number of anilines is 2. The Kier molecular flexibility index (Phi) is 7.22. The molecule has 5 rings (SSSR count). The molecule has 1 saturated heterocycles. The van der Waals surface area contributed by atoms with Crippen LogP contribution in [0.1, 0.15) is 35.0 Å². The highest BCUT2D eigenvalue weighted by Crippen LogP contribution is 2.36. The van der Waals surface area contributed by atoms with Gasteiger partial charge < -0.3 is 15.4 Å². The zero-order valence-electron chi connectivity index (χ0n) is 19.7. The Morgan fingerprint density at radius 3 is 2.86 bits per heavy atom. The van der Waals surface area contributed by atoms with Gasteiger partial charge in [0.15, 0.2) is 16.6 Å². The number of fused-ring (bicyclic) bond motifs is 1. The van der Waals surface area contributed by atoms with Gasteiger partial charge in [0.1, 0.15) is 16.9 Å². The number of thiazole rings is 1. The van der Waals surface area contributed by atoms with Crippen LogP contribution in [0.5, 0.6) is 11.5 Å². The molecular formula is C24H28N7O2PS. The van der Waals surface area contributed by atoms with Crippen LogP contribution < -0.4 is 20.7 Å². The van der Waals surface area contributed by atoms with Crippen molar-refractivity contribution < 1.29 is 9.53 Å². The Morgan fingerprint density at radius 2 is 2.14 bits per heavy atom. The van der Waals surface area contributed by atoms with Gasteiger partial charge >= 0.3 is 0 Å². The van der Waals surface area contributed by atoms with Crippen molar-refractivity contribution in [2.45, 2.75) is 32.2 Å². The quantitative estimate of drug-likeness (QED) is 0.295. The molecule has 3 N–H and O–H groups in total. The first-order valence-corrected chi connectivity index (χ1v) is 14.0. The molecule has 35 heavy (non-hydrogen) atoms. The van der Waals surface area contributed by atoms with E-state index in [4.69, 9.17) is 9.84 Å². The molecular weight excluding hydrogens is 481 g/mol. The summed E-state index contributed by atoms with van der Waals surface area (Å²) in [6.07, 6.45) is 6.66. The minimum atomic E-state index is -0.197. The van der Waals surface area contributed by atoms with E-state index in [2.05, 4.69) is 39.5 Å². The van der Waals surface area contributed by atoms with Crippen LogP contribution in [0.15, 0.2) is 42.7 Å². The summed E-state index contributed by atoms with van der Waals surface area (Å²) < 4.78 is 8.18. The molecule has 9 nitrogen and oxygen atoms in total. The maximum atomic E-state index is 12.6. The first kappa shape index (κ1) is 23.7. The number of pyridine rings is 1. The molecule has 1 aromatic carbocycles. The van der Waals surface area contributed by atoms with E-state index >= 15 is 0 Å². The number of carbonyl (C=O) groups is 1. The second-order valence-electron chi connectivity index (χ2n) is 8.25. The smallest absolute Gasteiger partial charge is 0.257 e. The molecule has 1 aliphatic heterocycles. The lowest BCUT2D eigenvalue weighted by molar-refractivity contribution is 0.102. The van der Waals surface area contributed by atoms with Crippen molar-refractivity contribution in [2.75, 3.05) is 30.4 Å². The molecule has 4 aromatic rings. The minimum absolute atomic E-state index is 0.197. The van der Waals surface area contributed by atoms with Gasteiger partial charge in [-0.05, 0) is 56.7 Å². The second kappa shape index (κ2) is 10.7. The number of nitrogens with zero attached hydrogens (tertiary/aromatic N) is 4. The van der Waals surface area contributed by atoms with Crippen LogP contribution in [-0.4, -0.2) is 51.2 Å². The Bertz CT molecular complexity index is 1320. The lowest BCUT2D eigenvalue weighted by atomic mass is 10.1. The summed E-state index contributed by atoms with van der Waals surface area (Å²) in [5.41, 5.74) is 1.33. The Balaban J connectivity index is 1.35. The van der Waals surface area contributed by atoms with Crippen molar-refractivity contribution in [1.29, 1.82) is 0 Å². The number of hydrogen-bond acceptors (Lipinski definition) is 8. The number of piperidine rings is 1. The van der Waals surface area contributed by atoms with E-state index in [1.165, 1.54) is 11.3 Å². The molecule has 0 bridgehead atoms. The zero-order valence-corrected chi connectivity index (χ0v) is 21.5. The summed E-state index contributed by atoms with van der Waals surface area (Å²) in [5.74, 6) is 1.90. The van der Waals surface area contributed by atoms with Gasteiger partial charge in [-0.1, -0.05) is 6.92 Å². The lowest BCUT2D eigenvalue weighted by Crippen LogP contribution is -2.38. The van der Waals surface area contributed by atoms with Gasteiger partial charge in [0.25, 0.3) is 5.91 Å². The molecule has 182 valence electrons. The number of ether oxygens (including phenoxy) is 1. The molecule has 0 radical (unpaired) electrons. The third-order valence-electron chi connectivity index (χ3n) is 5.85. The highest BCUT2D eigenvalue weighted by Gasteiger charge is 2.21. The van der Waals surface area contributed by atoms with Crippen LogP contribution in [0.2, 0.25) is 0 Å². The van der Waals surface area contributed by atoms with Crippen molar-refractivity contribution >= 4 is 48.0 Å². The second-order valence-corrected chi connectivity index (χ2v) is 10.2. The summed E-state index contributed by atoms with van der Waals surface area (Å²) >= 11 is 1.49. The van der Waals surface area contributed by atoms with Crippen molar-refractivity contribution in [2.24, 2.45) is 0 Å². The molecule has 0 spiro atoms. The van der Waals surface area contributed by atoms with Crippen LogP contribution in [0.3, 0.4) is 0 Å². The minimum Gasteiger partial charge on any atom is -0.456 e. The maximum Gasteiger partial charge on any atom is 0.257 e. The van der Waals surface area contributed by atoms with Crippen LogP contribution in [0.4, 0.5) is 10.9 Å². The standard InChI is InChI=1S/C24H28N7O2PS/c1-3-18-14-27-24(35-18)29-23(32)15-6-8-17(9-7-15)33-19-10-12-26-22-20(19)21(30-31(22)34-2)28-16-5-4-11-25-13-16/h6-10,12,14,16,25,34H,3-5,11,13H2,1-2H3,(H,28,30)(H,27,29,32)/t16-/m1/s1. The van der Waals surface area contributed by atoms with Gasteiger partial charge in [-0.25, -0.2) is 14.4 Å². The fourth-order valence-corrected chi connectivity index (χ4v) is 5.35. The number of aryl methyl sites for hydroxylation is 1. The van der Waals surface area contributed by atoms with Crippen LogP contribution in [0, 0.1) is 0 Å². The lowest BCUT2D eigenvalue weighted by Gasteiger charge is -2.23. The normalized spacial score (nSPS) is 16.1. The monoisotopic (exact) mass is 509 g/mol. The molecule has 0 saturated carbocycles. The van der Waals surface area contributed by atoms with Crippen molar-refractivity contribution in [3.63, 3.8) is 0 Å². The molecule has 1 unspecified atom stereocenters. The Hall–Kier alpha value is -3.07. The highest BCUT2D eigenvalue weighted by molar-refractivity contribution is 7.35. The fraction of sp³-hybridized carbons (Fsp3) is 0.333. The molecule has 1 aliphatic rings. The number of benzene rings is 1. The summed E-state index contributed by atoms with van der Waals surface area (Å²) in [4.78, 5) is 22.6.